The maximum absolute atomic E-state index is 13.4. The van der Waals surface area contributed by atoms with Gasteiger partial charge in [-0.25, -0.2) is 8.78 Å². The molecule has 2 radical (unpaired) electrons. The van der Waals surface area contributed by atoms with Gasteiger partial charge in [-0.1, -0.05) is 13.8 Å². The minimum atomic E-state index is -2.63. The third-order valence-electron chi connectivity index (χ3n) is 3.71. The van der Waals surface area contributed by atoms with E-state index in [9.17, 15) is 8.78 Å². The molecule has 0 N–H and O–H groups in total. The monoisotopic (exact) mass is 186 g/mol. The van der Waals surface area contributed by atoms with Gasteiger partial charge in [0.15, 0.2) is 0 Å². The van der Waals surface area contributed by atoms with Crippen LogP contribution in [-0.2, 0) is 4.74 Å². The van der Waals surface area contributed by atoms with Gasteiger partial charge in [0.25, 0.3) is 5.92 Å². The van der Waals surface area contributed by atoms with E-state index in [0.717, 1.165) is 0 Å². The molecule has 13 heavy (non-hydrogen) atoms. The number of halogens is 2. The van der Waals surface area contributed by atoms with Crippen molar-refractivity contribution in [2.45, 2.75) is 44.2 Å². The van der Waals surface area contributed by atoms with Crippen molar-refractivity contribution in [1.29, 1.82) is 0 Å². The van der Waals surface area contributed by atoms with E-state index in [0.29, 0.717) is 6.42 Å². The van der Waals surface area contributed by atoms with E-state index < -0.39 is 23.4 Å². The first-order valence-electron chi connectivity index (χ1n) is 4.74. The summed E-state index contributed by atoms with van der Waals surface area (Å²) >= 11 is 0. The largest absolute Gasteiger partial charge is 0.381 e. The molecule has 2 fully saturated rings. The van der Waals surface area contributed by atoms with Gasteiger partial charge in [-0.2, -0.15) is 0 Å². The fraction of sp³-hybridized carbons (Fsp3) is 1.00. The molecule has 0 spiro atoms. The first kappa shape index (κ1) is 9.44. The highest BCUT2D eigenvalue weighted by Gasteiger charge is 2.68. The van der Waals surface area contributed by atoms with Crippen LogP contribution in [0.5, 0.6) is 0 Å². The Morgan fingerprint density at radius 1 is 1.54 bits per heavy atom. The molecule has 1 saturated carbocycles. The molecule has 0 aromatic heterocycles. The smallest absolute Gasteiger partial charge is 0.255 e. The summed E-state index contributed by atoms with van der Waals surface area (Å²) in [5, 5.41) is 0. The lowest BCUT2D eigenvalue weighted by Crippen LogP contribution is -2.41. The molecule has 72 valence electrons. The van der Waals surface area contributed by atoms with Gasteiger partial charge in [0.2, 0.25) is 0 Å². The van der Waals surface area contributed by atoms with Crippen molar-refractivity contribution in [2.75, 3.05) is 0 Å². The van der Waals surface area contributed by atoms with Gasteiger partial charge < -0.3 is 4.74 Å². The zero-order valence-electron chi connectivity index (χ0n) is 7.89. The number of rotatable bonds is 1. The van der Waals surface area contributed by atoms with Crippen molar-refractivity contribution in [1.82, 2.24) is 0 Å². The Kier molecular flexibility index (Phi) is 1.79. The average molecular weight is 186 g/mol. The van der Waals surface area contributed by atoms with Crippen LogP contribution in [0.2, 0.25) is 0 Å². The standard InChI is InChI=1S/C9H13BF2O/c1-3-8-4-9(11,12)6(5(8)2)7(10)13-8/h5-7H,3-4H2,1-2H3/t5-,6?,7-,8+/m1/s1. The third kappa shape index (κ3) is 1.01. The Balaban J connectivity index is 2.36. The highest BCUT2D eigenvalue weighted by molar-refractivity contribution is 6.11. The maximum atomic E-state index is 13.4. The van der Waals surface area contributed by atoms with Gasteiger partial charge in [-0.3, -0.25) is 0 Å². The molecule has 1 nitrogen and oxygen atoms in total. The van der Waals surface area contributed by atoms with Gasteiger partial charge in [-0.05, 0) is 12.3 Å². The van der Waals surface area contributed by atoms with Gasteiger partial charge >= 0.3 is 0 Å². The van der Waals surface area contributed by atoms with Crippen LogP contribution in [0.3, 0.4) is 0 Å². The molecule has 1 aliphatic heterocycles. The normalized spacial score (nSPS) is 52.8. The van der Waals surface area contributed by atoms with Gasteiger partial charge in [0.05, 0.1) is 5.60 Å². The molecule has 2 bridgehead atoms. The van der Waals surface area contributed by atoms with Gasteiger partial charge in [0.1, 0.15) is 7.85 Å². The second-order valence-corrected chi connectivity index (χ2v) is 4.25. The Labute approximate surface area is 78.2 Å². The van der Waals surface area contributed by atoms with Crippen LogP contribution in [0.25, 0.3) is 0 Å². The summed E-state index contributed by atoms with van der Waals surface area (Å²) in [7, 11) is 5.54. The van der Waals surface area contributed by atoms with Crippen LogP contribution >= 0.6 is 0 Å². The van der Waals surface area contributed by atoms with Crippen LogP contribution in [0.4, 0.5) is 8.78 Å². The zero-order valence-corrected chi connectivity index (χ0v) is 7.89. The summed E-state index contributed by atoms with van der Waals surface area (Å²) in [5.41, 5.74) is -0.659. The van der Waals surface area contributed by atoms with E-state index in [-0.39, 0.29) is 12.3 Å². The molecule has 4 heteroatoms. The topological polar surface area (TPSA) is 9.23 Å². The second-order valence-electron chi connectivity index (χ2n) is 4.25. The molecule has 2 rings (SSSR count). The highest BCUT2D eigenvalue weighted by atomic mass is 19.3. The molecular weight excluding hydrogens is 173 g/mol. The second kappa shape index (κ2) is 2.47. The summed E-state index contributed by atoms with van der Waals surface area (Å²) in [4.78, 5) is 0. The fourth-order valence-corrected chi connectivity index (χ4v) is 2.92. The Morgan fingerprint density at radius 2 is 2.15 bits per heavy atom. The van der Waals surface area contributed by atoms with E-state index in [4.69, 9.17) is 12.6 Å². The van der Waals surface area contributed by atoms with Crippen LogP contribution in [0.15, 0.2) is 0 Å². The van der Waals surface area contributed by atoms with Crippen molar-refractivity contribution in [2.24, 2.45) is 11.8 Å². The zero-order chi connectivity index (χ0) is 9.85. The minimum absolute atomic E-state index is 0.123. The molecule has 1 heterocycles. The van der Waals surface area contributed by atoms with Crippen molar-refractivity contribution in [3.8, 4) is 0 Å². The van der Waals surface area contributed by atoms with Crippen LogP contribution in [0.1, 0.15) is 26.7 Å². The van der Waals surface area contributed by atoms with E-state index in [1.165, 1.54) is 0 Å². The van der Waals surface area contributed by atoms with E-state index >= 15 is 0 Å². The quantitative estimate of drug-likeness (QED) is 0.568. The summed E-state index contributed by atoms with van der Waals surface area (Å²) < 4.78 is 32.3. The number of alkyl halides is 2. The SMILES string of the molecule is [B][C@@H]1O[C@@]2(CC)CC(F)(F)C1[C@H]2C. The summed E-state index contributed by atoms with van der Waals surface area (Å²) in [5.74, 6) is -3.54. The average Bonchev–Trinajstić information content (AvgIpc) is 2.33. The van der Waals surface area contributed by atoms with Gasteiger partial charge in [0, 0.05) is 18.3 Å². The molecular formula is C9H13BF2O. The van der Waals surface area contributed by atoms with Crippen molar-refractivity contribution < 1.29 is 13.5 Å². The number of hydrogen-bond donors (Lipinski definition) is 0. The Morgan fingerprint density at radius 3 is 2.46 bits per heavy atom. The van der Waals surface area contributed by atoms with E-state index in [2.05, 4.69) is 0 Å². The summed E-state index contributed by atoms with van der Waals surface area (Å²) in [6.07, 6.45) is 0.462. The molecule has 1 unspecified atom stereocenters. The lowest BCUT2D eigenvalue weighted by molar-refractivity contribution is -0.147. The molecule has 2 aliphatic rings. The molecule has 1 saturated heterocycles. The minimum Gasteiger partial charge on any atom is -0.381 e. The highest BCUT2D eigenvalue weighted by Crippen LogP contribution is 2.60. The Bertz CT molecular complexity index is 234. The molecule has 0 aromatic rings. The first-order chi connectivity index (χ1) is 5.93. The van der Waals surface area contributed by atoms with E-state index in [1.54, 1.807) is 0 Å². The van der Waals surface area contributed by atoms with Gasteiger partial charge in [-0.15, -0.1) is 0 Å². The molecule has 1 aliphatic carbocycles. The van der Waals surface area contributed by atoms with Crippen molar-refractivity contribution in [3.05, 3.63) is 0 Å². The lowest BCUT2D eigenvalue weighted by atomic mass is 9.80. The molecule has 0 amide bonds. The predicted octanol–water partition coefficient (Wildman–Crippen LogP) is 1.95. The summed E-state index contributed by atoms with van der Waals surface area (Å²) in [6.45, 7) is 3.70. The maximum Gasteiger partial charge on any atom is 0.255 e. The lowest BCUT2D eigenvalue weighted by Gasteiger charge is -2.33. The van der Waals surface area contributed by atoms with Crippen molar-refractivity contribution >= 4 is 7.85 Å². The number of hydrogen-bond acceptors (Lipinski definition) is 1. The Hall–Kier alpha value is -0.115. The molecule has 4 atom stereocenters. The third-order valence-corrected chi connectivity index (χ3v) is 3.71. The fourth-order valence-electron chi connectivity index (χ4n) is 2.92. The van der Waals surface area contributed by atoms with Crippen LogP contribution in [0, 0.1) is 11.8 Å². The first-order valence-corrected chi connectivity index (χ1v) is 4.74. The van der Waals surface area contributed by atoms with Crippen LogP contribution in [-0.4, -0.2) is 25.4 Å². The van der Waals surface area contributed by atoms with Crippen LogP contribution < -0.4 is 0 Å². The number of ether oxygens (including phenoxy) is 1. The predicted molar refractivity (Wildman–Crippen MR) is 45.9 cm³/mol. The van der Waals surface area contributed by atoms with Crippen molar-refractivity contribution in [3.63, 3.8) is 0 Å². The molecule has 0 aromatic carbocycles. The van der Waals surface area contributed by atoms with E-state index in [1.807, 2.05) is 13.8 Å². The summed E-state index contributed by atoms with van der Waals surface area (Å²) in [6, 6.07) is -0.779. The number of fused-ring (bicyclic) bond motifs is 2.